The van der Waals surface area contributed by atoms with Crippen molar-refractivity contribution in [1.82, 2.24) is 16.0 Å². The van der Waals surface area contributed by atoms with Gasteiger partial charge in [-0.3, -0.25) is 14.4 Å². The van der Waals surface area contributed by atoms with Gasteiger partial charge in [0.25, 0.3) is 5.91 Å². The normalized spacial score (nSPS) is 11.3. The van der Waals surface area contributed by atoms with Crippen molar-refractivity contribution in [3.63, 3.8) is 0 Å². The maximum Gasteiger partial charge on any atom is 0.326 e. The first-order chi connectivity index (χ1) is 13.9. The van der Waals surface area contributed by atoms with Crippen LogP contribution in [0.3, 0.4) is 0 Å². The number of carboxylic acids is 1. The molecule has 0 aliphatic carbocycles. The Kier molecular flexibility index (Phi) is 11.8. The quantitative estimate of drug-likeness (QED) is 0.352. The average Bonchev–Trinajstić information content (AvgIpc) is 2.71. The molecule has 0 saturated carbocycles. The number of nitrogens with one attached hydrogen (secondary N) is 3. The topological polar surface area (TPSA) is 125 Å². The Morgan fingerprint density at radius 2 is 1.66 bits per heavy atom. The van der Waals surface area contributed by atoms with Gasteiger partial charge in [-0.1, -0.05) is 38.0 Å². The molecular formula is C21H31N3O5. The molecule has 4 N–H and O–H groups in total. The fraction of sp³-hybridized carbons (Fsp3) is 0.524. The van der Waals surface area contributed by atoms with E-state index in [-0.39, 0.29) is 18.9 Å². The molecular weight excluding hydrogens is 374 g/mol. The predicted molar refractivity (Wildman–Crippen MR) is 109 cm³/mol. The van der Waals surface area contributed by atoms with Crippen LogP contribution in [0.5, 0.6) is 0 Å². The maximum absolute atomic E-state index is 12.0. The first-order valence-electron chi connectivity index (χ1n) is 10.1. The third kappa shape index (κ3) is 10.9. The van der Waals surface area contributed by atoms with Gasteiger partial charge in [0.2, 0.25) is 11.8 Å². The lowest BCUT2D eigenvalue weighted by Gasteiger charge is -2.15. The van der Waals surface area contributed by atoms with Crippen LogP contribution in [0.2, 0.25) is 0 Å². The zero-order chi connectivity index (χ0) is 21.5. The van der Waals surface area contributed by atoms with E-state index in [1.165, 1.54) is 0 Å². The summed E-state index contributed by atoms with van der Waals surface area (Å²) in [5.41, 5.74) is 0.423. The molecule has 1 atom stereocenters. The molecule has 3 amide bonds. The summed E-state index contributed by atoms with van der Waals surface area (Å²) in [7, 11) is 0. The maximum atomic E-state index is 12.0. The van der Waals surface area contributed by atoms with Crippen molar-refractivity contribution in [2.24, 2.45) is 0 Å². The second kappa shape index (κ2) is 14.1. The summed E-state index contributed by atoms with van der Waals surface area (Å²) in [4.78, 5) is 46.8. The van der Waals surface area contributed by atoms with Gasteiger partial charge >= 0.3 is 5.97 Å². The van der Waals surface area contributed by atoms with Crippen LogP contribution >= 0.6 is 0 Å². The summed E-state index contributed by atoms with van der Waals surface area (Å²) in [6, 6.07) is 7.41. The van der Waals surface area contributed by atoms with E-state index >= 15 is 0 Å². The minimum Gasteiger partial charge on any atom is -0.480 e. The van der Waals surface area contributed by atoms with Crippen molar-refractivity contribution in [1.29, 1.82) is 0 Å². The van der Waals surface area contributed by atoms with Gasteiger partial charge in [-0.25, -0.2) is 4.79 Å². The molecule has 0 spiro atoms. The number of hydrogen-bond donors (Lipinski definition) is 4. The summed E-state index contributed by atoms with van der Waals surface area (Å²) in [5.74, 6) is -2.08. The van der Waals surface area contributed by atoms with Crippen molar-refractivity contribution >= 4 is 23.7 Å². The van der Waals surface area contributed by atoms with Crippen molar-refractivity contribution in [2.45, 2.75) is 57.9 Å². The van der Waals surface area contributed by atoms with Crippen LogP contribution in [0.4, 0.5) is 0 Å². The van der Waals surface area contributed by atoms with E-state index in [4.69, 9.17) is 0 Å². The van der Waals surface area contributed by atoms with Crippen LogP contribution in [0.1, 0.15) is 62.2 Å². The molecule has 0 aliphatic heterocycles. The van der Waals surface area contributed by atoms with Crippen LogP contribution in [-0.2, 0) is 14.4 Å². The number of amides is 3. The standard InChI is InChI=1S/C21H31N3O5/c1-2-3-5-13-18(25)22-14-9-8-12-17(21(28)29)24-19(26)15-23-20(27)16-10-6-4-7-11-16/h4,6-7,10-11,17H,2-3,5,8-9,12-15H2,1H3,(H,22,25)(H,23,27)(H,24,26)(H,28,29)/t17-/m0/s1. The van der Waals surface area contributed by atoms with Crippen molar-refractivity contribution < 1.29 is 24.3 Å². The molecule has 0 radical (unpaired) electrons. The first-order valence-corrected chi connectivity index (χ1v) is 10.1. The van der Waals surface area contributed by atoms with E-state index < -0.39 is 23.8 Å². The van der Waals surface area contributed by atoms with E-state index in [0.717, 1.165) is 19.3 Å². The molecule has 8 nitrogen and oxygen atoms in total. The zero-order valence-corrected chi connectivity index (χ0v) is 16.9. The van der Waals surface area contributed by atoms with Gasteiger partial charge in [-0.2, -0.15) is 0 Å². The van der Waals surface area contributed by atoms with E-state index in [2.05, 4.69) is 22.9 Å². The van der Waals surface area contributed by atoms with Crippen molar-refractivity contribution in [3.8, 4) is 0 Å². The lowest BCUT2D eigenvalue weighted by atomic mass is 10.1. The number of rotatable bonds is 14. The highest BCUT2D eigenvalue weighted by atomic mass is 16.4. The van der Waals surface area contributed by atoms with Crippen LogP contribution in [0.15, 0.2) is 30.3 Å². The van der Waals surface area contributed by atoms with Gasteiger partial charge in [-0.05, 0) is 37.8 Å². The number of unbranched alkanes of at least 4 members (excludes halogenated alkanes) is 3. The molecule has 1 aromatic rings. The lowest BCUT2D eigenvalue weighted by Crippen LogP contribution is -2.45. The Bertz CT molecular complexity index is 664. The molecule has 0 aliphatic rings. The first kappa shape index (κ1) is 24.1. The third-order valence-corrected chi connectivity index (χ3v) is 4.33. The van der Waals surface area contributed by atoms with E-state index in [9.17, 15) is 24.3 Å². The van der Waals surface area contributed by atoms with Gasteiger partial charge in [0.15, 0.2) is 0 Å². The molecule has 0 bridgehead atoms. The van der Waals surface area contributed by atoms with Gasteiger partial charge < -0.3 is 21.1 Å². The summed E-state index contributed by atoms with van der Waals surface area (Å²) in [6.07, 6.45) is 4.89. The van der Waals surface area contributed by atoms with Crippen LogP contribution in [0.25, 0.3) is 0 Å². The lowest BCUT2D eigenvalue weighted by molar-refractivity contribution is -0.141. The number of carbonyl (C=O) groups is 4. The molecule has 8 heteroatoms. The number of carboxylic acid groups (broad SMARTS) is 1. The minimum atomic E-state index is -1.13. The van der Waals surface area contributed by atoms with E-state index in [0.29, 0.717) is 31.4 Å². The van der Waals surface area contributed by atoms with Gasteiger partial charge in [-0.15, -0.1) is 0 Å². The Hall–Kier alpha value is -2.90. The summed E-state index contributed by atoms with van der Waals surface area (Å²) in [5, 5.41) is 17.0. The summed E-state index contributed by atoms with van der Waals surface area (Å²) >= 11 is 0. The Labute approximate surface area is 171 Å². The second-order valence-corrected chi connectivity index (χ2v) is 6.81. The highest BCUT2D eigenvalue weighted by molar-refractivity contribution is 5.96. The number of carbonyl (C=O) groups excluding carboxylic acids is 3. The SMILES string of the molecule is CCCCCC(=O)NCCCC[C@H](NC(=O)CNC(=O)c1ccccc1)C(=O)O. The number of hydrogen-bond acceptors (Lipinski definition) is 4. The van der Waals surface area contributed by atoms with Crippen LogP contribution in [-0.4, -0.2) is 47.9 Å². The fourth-order valence-electron chi connectivity index (χ4n) is 2.68. The Balaban J connectivity index is 2.25. The third-order valence-electron chi connectivity index (χ3n) is 4.33. The van der Waals surface area contributed by atoms with Gasteiger partial charge in [0.1, 0.15) is 6.04 Å². The second-order valence-electron chi connectivity index (χ2n) is 6.81. The molecule has 160 valence electrons. The Morgan fingerprint density at radius 1 is 0.931 bits per heavy atom. The monoisotopic (exact) mass is 405 g/mol. The van der Waals surface area contributed by atoms with E-state index in [1.54, 1.807) is 30.3 Å². The molecule has 1 aromatic carbocycles. The molecule has 0 heterocycles. The fourth-order valence-corrected chi connectivity index (χ4v) is 2.68. The van der Waals surface area contributed by atoms with Crippen molar-refractivity contribution in [3.05, 3.63) is 35.9 Å². The molecule has 0 unspecified atom stereocenters. The highest BCUT2D eigenvalue weighted by Crippen LogP contribution is 2.03. The molecule has 1 rings (SSSR count). The minimum absolute atomic E-state index is 0.00990. The summed E-state index contributed by atoms with van der Waals surface area (Å²) < 4.78 is 0. The summed E-state index contributed by atoms with van der Waals surface area (Å²) in [6.45, 7) is 2.26. The van der Waals surface area contributed by atoms with Gasteiger partial charge in [0.05, 0.1) is 6.54 Å². The van der Waals surface area contributed by atoms with Crippen LogP contribution in [0, 0.1) is 0 Å². The molecule has 0 fully saturated rings. The van der Waals surface area contributed by atoms with Crippen LogP contribution < -0.4 is 16.0 Å². The zero-order valence-electron chi connectivity index (χ0n) is 16.9. The van der Waals surface area contributed by atoms with Gasteiger partial charge in [0, 0.05) is 18.5 Å². The number of aliphatic carboxylic acids is 1. The largest absolute Gasteiger partial charge is 0.480 e. The molecule has 0 saturated heterocycles. The molecule has 0 aromatic heterocycles. The van der Waals surface area contributed by atoms with Crippen molar-refractivity contribution in [2.75, 3.05) is 13.1 Å². The number of benzene rings is 1. The van der Waals surface area contributed by atoms with E-state index in [1.807, 2.05) is 0 Å². The average molecular weight is 405 g/mol. The predicted octanol–water partition coefficient (Wildman–Crippen LogP) is 1.85. The Morgan fingerprint density at radius 3 is 2.31 bits per heavy atom. The highest BCUT2D eigenvalue weighted by Gasteiger charge is 2.19. The smallest absolute Gasteiger partial charge is 0.326 e. The molecule has 29 heavy (non-hydrogen) atoms.